The number of hydrogen-bond acceptors (Lipinski definition) is 3. The second kappa shape index (κ2) is 7.67. The summed E-state index contributed by atoms with van der Waals surface area (Å²) in [5, 5.41) is 6.94. The number of rotatable bonds is 6. The highest BCUT2D eigenvalue weighted by molar-refractivity contribution is 7.80. The van der Waals surface area contributed by atoms with Crippen molar-refractivity contribution >= 4 is 17.3 Å². The summed E-state index contributed by atoms with van der Waals surface area (Å²) < 4.78 is 10.5. The van der Waals surface area contributed by atoms with E-state index in [4.69, 9.17) is 21.4 Å². The molecule has 0 fully saturated rings. The smallest absolute Gasteiger partial charge is 0.167 e. The van der Waals surface area contributed by atoms with Crippen LogP contribution in [0.4, 0.5) is 0 Å². The van der Waals surface area contributed by atoms with Crippen LogP contribution in [-0.2, 0) is 4.74 Å². The largest absolute Gasteiger partial charge is 0.467 e. The van der Waals surface area contributed by atoms with Gasteiger partial charge in [0.1, 0.15) is 11.8 Å². The summed E-state index contributed by atoms with van der Waals surface area (Å²) in [4.78, 5) is 0. The van der Waals surface area contributed by atoms with Gasteiger partial charge < -0.3 is 19.8 Å². The fourth-order valence-electron chi connectivity index (χ4n) is 1.87. The van der Waals surface area contributed by atoms with Crippen LogP contribution >= 0.6 is 12.2 Å². The molecule has 2 aromatic rings. The van der Waals surface area contributed by atoms with E-state index in [0.717, 1.165) is 11.3 Å². The number of benzene rings is 1. The van der Waals surface area contributed by atoms with Crippen LogP contribution in [-0.4, -0.2) is 25.4 Å². The normalized spacial score (nSPS) is 11.8. The summed E-state index contributed by atoms with van der Waals surface area (Å²) in [6, 6.07) is 13.8. The molecule has 0 aliphatic heterocycles. The zero-order valence-corrected chi connectivity index (χ0v) is 12.2. The predicted molar refractivity (Wildman–Crippen MR) is 82.6 cm³/mol. The van der Waals surface area contributed by atoms with E-state index in [-0.39, 0.29) is 6.04 Å². The maximum atomic E-state index is 5.50. The van der Waals surface area contributed by atoms with Crippen molar-refractivity contribution < 1.29 is 9.15 Å². The molecule has 0 spiro atoms. The molecule has 0 saturated heterocycles. The minimum atomic E-state index is -0.103. The molecule has 0 saturated carbocycles. The number of nitrogens with one attached hydrogen (secondary N) is 2. The first kappa shape index (κ1) is 14.6. The third-order valence-corrected chi connectivity index (χ3v) is 3.09. The van der Waals surface area contributed by atoms with Crippen LogP contribution < -0.4 is 10.6 Å². The Morgan fingerprint density at radius 1 is 1.25 bits per heavy atom. The van der Waals surface area contributed by atoms with Gasteiger partial charge in [0.15, 0.2) is 5.11 Å². The molecule has 1 aromatic heterocycles. The molecular formula is C15H18N2O2S. The van der Waals surface area contributed by atoms with Gasteiger partial charge in [0.05, 0.1) is 12.9 Å². The van der Waals surface area contributed by atoms with E-state index in [9.17, 15) is 0 Å². The topological polar surface area (TPSA) is 46.4 Å². The van der Waals surface area contributed by atoms with E-state index in [1.54, 1.807) is 13.4 Å². The SMILES string of the molecule is COCCNC(=S)N[C@@H](c1ccccc1)c1ccco1. The quantitative estimate of drug-likeness (QED) is 0.632. The van der Waals surface area contributed by atoms with Gasteiger partial charge in [0.25, 0.3) is 0 Å². The minimum absolute atomic E-state index is 0.103. The van der Waals surface area contributed by atoms with E-state index in [1.165, 1.54) is 0 Å². The van der Waals surface area contributed by atoms with Crippen molar-refractivity contribution in [2.24, 2.45) is 0 Å². The van der Waals surface area contributed by atoms with Crippen LogP contribution in [0.5, 0.6) is 0 Å². The number of thiocarbonyl (C=S) groups is 1. The highest BCUT2D eigenvalue weighted by Gasteiger charge is 2.17. The van der Waals surface area contributed by atoms with Crippen molar-refractivity contribution in [3.63, 3.8) is 0 Å². The Bertz CT molecular complexity index is 514. The molecule has 1 aromatic carbocycles. The van der Waals surface area contributed by atoms with E-state index < -0.39 is 0 Å². The molecule has 0 bridgehead atoms. The lowest BCUT2D eigenvalue weighted by Crippen LogP contribution is -2.39. The summed E-state index contributed by atoms with van der Waals surface area (Å²) >= 11 is 5.30. The van der Waals surface area contributed by atoms with E-state index in [1.807, 2.05) is 42.5 Å². The molecular weight excluding hydrogens is 272 g/mol. The predicted octanol–water partition coefficient (Wildman–Crippen LogP) is 2.48. The summed E-state index contributed by atoms with van der Waals surface area (Å²) in [5.41, 5.74) is 1.10. The van der Waals surface area contributed by atoms with Gasteiger partial charge in [-0.05, 0) is 29.9 Å². The van der Waals surface area contributed by atoms with Gasteiger partial charge in [-0.2, -0.15) is 0 Å². The monoisotopic (exact) mass is 290 g/mol. The Balaban J connectivity index is 2.06. The Morgan fingerprint density at radius 3 is 2.70 bits per heavy atom. The number of ether oxygens (including phenoxy) is 1. The van der Waals surface area contributed by atoms with Crippen molar-refractivity contribution in [1.29, 1.82) is 0 Å². The highest BCUT2D eigenvalue weighted by Crippen LogP contribution is 2.22. The van der Waals surface area contributed by atoms with Gasteiger partial charge in [0, 0.05) is 13.7 Å². The molecule has 1 atom stereocenters. The molecule has 0 amide bonds. The lowest BCUT2D eigenvalue weighted by molar-refractivity contribution is 0.204. The van der Waals surface area contributed by atoms with Crippen LogP contribution in [0.25, 0.3) is 0 Å². The maximum absolute atomic E-state index is 5.50. The molecule has 5 heteroatoms. The van der Waals surface area contributed by atoms with Crippen molar-refractivity contribution in [1.82, 2.24) is 10.6 Å². The molecule has 106 valence electrons. The van der Waals surface area contributed by atoms with Gasteiger partial charge in [-0.15, -0.1) is 0 Å². The summed E-state index contributed by atoms with van der Waals surface area (Å²) in [6.07, 6.45) is 1.66. The average molecular weight is 290 g/mol. The maximum Gasteiger partial charge on any atom is 0.167 e. The molecule has 0 aliphatic rings. The average Bonchev–Trinajstić information content (AvgIpc) is 3.00. The first-order valence-electron chi connectivity index (χ1n) is 6.43. The van der Waals surface area contributed by atoms with Crippen LogP contribution in [0, 0.1) is 0 Å². The third kappa shape index (κ3) is 4.08. The Morgan fingerprint density at radius 2 is 2.05 bits per heavy atom. The van der Waals surface area contributed by atoms with Gasteiger partial charge in [-0.25, -0.2) is 0 Å². The zero-order chi connectivity index (χ0) is 14.2. The lowest BCUT2D eigenvalue weighted by atomic mass is 10.1. The highest BCUT2D eigenvalue weighted by atomic mass is 32.1. The fourth-order valence-corrected chi connectivity index (χ4v) is 2.09. The van der Waals surface area contributed by atoms with E-state index >= 15 is 0 Å². The summed E-state index contributed by atoms with van der Waals surface area (Å²) in [5.74, 6) is 0.826. The first-order valence-corrected chi connectivity index (χ1v) is 6.83. The molecule has 2 rings (SSSR count). The molecule has 0 aliphatic carbocycles. The first-order chi connectivity index (χ1) is 9.81. The Kier molecular flexibility index (Phi) is 5.58. The zero-order valence-electron chi connectivity index (χ0n) is 11.3. The molecule has 1 heterocycles. The van der Waals surface area contributed by atoms with Crippen molar-refractivity contribution in [3.05, 3.63) is 60.1 Å². The van der Waals surface area contributed by atoms with Gasteiger partial charge in [0.2, 0.25) is 0 Å². The van der Waals surface area contributed by atoms with E-state index in [0.29, 0.717) is 18.3 Å². The standard InChI is InChI=1S/C15H18N2O2S/c1-18-11-9-16-15(20)17-14(13-8-5-10-19-13)12-6-3-2-4-7-12/h2-8,10,14H,9,11H2,1H3,(H2,16,17,20)/t14-/m0/s1. The van der Waals surface area contributed by atoms with Crippen LogP contribution in [0.15, 0.2) is 53.1 Å². The van der Waals surface area contributed by atoms with Crippen LogP contribution in [0.3, 0.4) is 0 Å². The summed E-state index contributed by atoms with van der Waals surface area (Å²) in [6.45, 7) is 1.28. The molecule has 0 unspecified atom stereocenters. The van der Waals surface area contributed by atoms with Crippen LogP contribution in [0.1, 0.15) is 17.4 Å². The van der Waals surface area contributed by atoms with Gasteiger partial charge >= 0.3 is 0 Å². The Labute approximate surface area is 124 Å². The lowest BCUT2D eigenvalue weighted by Gasteiger charge is -2.19. The van der Waals surface area contributed by atoms with Crippen LogP contribution in [0.2, 0.25) is 0 Å². The number of methoxy groups -OCH3 is 1. The number of furan rings is 1. The fraction of sp³-hybridized carbons (Fsp3) is 0.267. The Hall–Kier alpha value is -1.85. The molecule has 4 nitrogen and oxygen atoms in total. The number of hydrogen-bond donors (Lipinski definition) is 2. The van der Waals surface area contributed by atoms with E-state index in [2.05, 4.69) is 10.6 Å². The third-order valence-electron chi connectivity index (χ3n) is 2.83. The summed E-state index contributed by atoms with van der Waals surface area (Å²) in [7, 11) is 1.66. The molecule has 0 radical (unpaired) electrons. The van der Waals surface area contributed by atoms with Crippen molar-refractivity contribution in [3.8, 4) is 0 Å². The van der Waals surface area contributed by atoms with Crippen molar-refractivity contribution in [2.75, 3.05) is 20.3 Å². The van der Waals surface area contributed by atoms with Crippen molar-refractivity contribution in [2.45, 2.75) is 6.04 Å². The molecule has 20 heavy (non-hydrogen) atoms. The van der Waals surface area contributed by atoms with Gasteiger partial charge in [-0.3, -0.25) is 0 Å². The molecule has 2 N–H and O–H groups in total. The second-order valence-corrected chi connectivity index (χ2v) is 4.66. The minimum Gasteiger partial charge on any atom is -0.467 e. The second-order valence-electron chi connectivity index (χ2n) is 4.25. The van der Waals surface area contributed by atoms with Gasteiger partial charge in [-0.1, -0.05) is 30.3 Å².